The summed E-state index contributed by atoms with van der Waals surface area (Å²) in [5, 5.41) is 1.47. The summed E-state index contributed by atoms with van der Waals surface area (Å²) in [4.78, 5) is 34.3. The van der Waals surface area contributed by atoms with E-state index in [1.165, 1.54) is 6.07 Å². The highest BCUT2D eigenvalue weighted by Crippen LogP contribution is 2.40. The number of ether oxygens (including phenoxy) is 1. The number of benzene rings is 1. The number of amides is 2. The molecule has 1 aromatic carbocycles. The lowest BCUT2D eigenvalue weighted by Crippen LogP contribution is -2.32. The third kappa shape index (κ3) is 4.38. The molecule has 23 heavy (non-hydrogen) atoms. The number of carbonyl (C=O) groups excluding carboxylic acids is 3. The molecule has 0 aliphatic carbocycles. The highest BCUT2D eigenvalue weighted by molar-refractivity contribution is 8.01. The van der Waals surface area contributed by atoms with E-state index >= 15 is 0 Å². The third-order valence-corrected chi connectivity index (χ3v) is 4.13. The maximum Gasteiger partial charge on any atom is 0.416 e. The predicted molar refractivity (Wildman–Crippen MR) is 74.5 cm³/mol. The van der Waals surface area contributed by atoms with E-state index < -0.39 is 41.4 Å². The number of carbonyl (C=O) groups is 3. The number of alkyl halides is 3. The maximum atomic E-state index is 12.6. The number of hydrogen-bond donors (Lipinski definition) is 2. The Hall–Kier alpha value is -2.23. The van der Waals surface area contributed by atoms with Gasteiger partial charge < -0.3 is 15.8 Å². The van der Waals surface area contributed by atoms with Crippen LogP contribution in [0.4, 0.5) is 18.9 Å². The van der Waals surface area contributed by atoms with Gasteiger partial charge in [0.25, 0.3) is 5.91 Å². The van der Waals surface area contributed by atoms with Crippen LogP contribution in [0.25, 0.3) is 0 Å². The molecule has 2 amide bonds. The highest BCUT2D eigenvalue weighted by Gasteiger charge is 2.34. The lowest BCUT2D eigenvalue weighted by molar-refractivity contribution is -0.148. The van der Waals surface area contributed by atoms with Gasteiger partial charge in [-0.25, -0.2) is 0 Å². The van der Waals surface area contributed by atoms with Gasteiger partial charge in [-0.05, 0) is 18.2 Å². The number of primary amides is 1. The first-order valence-corrected chi connectivity index (χ1v) is 7.17. The standard InChI is InChI=1S/C13H11F3N2O4S/c14-13(15,16)6-1-2-8-7(3-6)18-12(21)9(23-8)4-11(20)22-5-10(17)19/h1-3,9H,4-5H2,(H2,17,19)(H,18,21)/t9-/m0/s1. The van der Waals surface area contributed by atoms with Crippen LogP contribution in [0.1, 0.15) is 12.0 Å². The normalized spacial score (nSPS) is 17.2. The smallest absolute Gasteiger partial charge is 0.416 e. The SMILES string of the molecule is NC(=O)COC(=O)C[C@@H]1Sc2ccc(C(F)(F)F)cc2NC1=O. The molecule has 6 nitrogen and oxygen atoms in total. The summed E-state index contributed by atoms with van der Waals surface area (Å²) >= 11 is 0.951. The molecule has 0 spiro atoms. The zero-order valence-electron chi connectivity index (χ0n) is 11.5. The van der Waals surface area contributed by atoms with E-state index in [1.807, 2.05) is 0 Å². The van der Waals surface area contributed by atoms with Gasteiger partial charge in [-0.3, -0.25) is 14.4 Å². The number of nitrogens with one attached hydrogen (secondary N) is 1. The Morgan fingerprint density at radius 2 is 2.04 bits per heavy atom. The molecular formula is C13H11F3N2O4S. The number of fused-ring (bicyclic) bond motifs is 1. The topological polar surface area (TPSA) is 98.5 Å². The summed E-state index contributed by atoms with van der Waals surface area (Å²) in [6.07, 6.45) is -4.84. The summed E-state index contributed by atoms with van der Waals surface area (Å²) < 4.78 is 42.5. The molecule has 1 atom stereocenters. The summed E-state index contributed by atoms with van der Waals surface area (Å²) in [6, 6.07) is 2.96. The number of esters is 1. The van der Waals surface area contributed by atoms with Gasteiger partial charge in [0.05, 0.1) is 22.9 Å². The molecule has 0 aromatic heterocycles. The number of rotatable bonds is 4. The fraction of sp³-hybridized carbons (Fsp3) is 0.308. The van der Waals surface area contributed by atoms with E-state index in [0.717, 1.165) is 23.9 Å². The molecule has 1 aliphatic rings. The highest BCUT2D eigenvalue weighted by atomic mass is 32.2. The van der Waals surface area contributed by atoms with Crippen molar-refractivity contribution >= 4 is 35.2 Å². The number of nitrogens with two attached hydrogens (primary N) is 1. The minimum absolute atomic E-state index is 0.0385. The Bertz CT molecular complexity index is 663. The molecule has 0 radical (unpaired) electrons. The van der Waals surface area contributed by atoms with Crippen LogP contribution in [0.3, 0.4) is 0 Å². The molecule has 0 saturated heterocycles. The van der Waals surface area contributed by atoms with Gasteiger partial charge in [-0.15, -0.1) is 11.8 Å². The van der Waals surface area contributed by atoms with E-state index in [4.69, 9.17) is 5.73 Å². The van der Waals surface area contributed by atoms with Crippen LogP contribution in [0.2, 0.25) is 0 Å². The van der Waals surface area contributed by atoms with Crippen molar-refractivity contribution in [3.63, 3.8) is 0 Å². The minimum Gasteiger partial charge on any atom is -0.456 e. The average molecular weight is 348 g/mol. The fourth-order valence-electron chi connectivity index (χ4n) is 1.82. The Morgan fingerprint density at radius 1 is 1.35 bits per heavy atom. The first-order chi connectivity index (χ1) is 10.7. The Morgan fingerprint density at radius 3 is 2.65 bits per heavy atom. The van der Waals surface area contributed by atoms with Crippen molar-refractivity contribution in [3.05, 3.63) is 23.8 Å². The van der Waals surface area contributed by atoms with E-state index in [1.54, 1.807) is 0 Å². The van der Waals surface area contributed by atoms with Crippen LogP contribution in [-0.4, -0.2) is 29.6 Å². The lowest BCUT2D eigenvalue weighted by Gasteiger charge is -2.24. The van der Waals surface area contributed by atoms with Crippen molar-refractivity contribution in [2.75, 3.05) is 11.9 Å². The van der Waals surface area contributed by atoms with Crippen LogP contribution in [-0.2, 0) is 25.3 Å². The monoisotopic (exact) mass is 348 g/mol. The van der Waals surface area contributed by atoms with Gasteiger partial charge in [0.1, 0.15) is 0 Å². The molecule has 2 rings (SSSR count). The number of anilines is 1. The molecule has 124 valence electrons. The number of thioether (sulfide) groups is 1. The van der Waals surface area contributed by atoms with Crippen molar-refractivity contribution in [2.24, 2.45) is 5.73 Å². The van der Waals surface area contributed by atoms with Crippen molar-refractivity contribution in [2.45, 2.75) is 22.7 Å². The van der Waals surface area contributed by atoms with E-state index in [2.05, 4.69) is 10.1 Å². The number of hydrogen-bond acceptors (Lipinski definition) is 5. The third-order valence-electron chi connectivity index (χ3n) is 2.85. The molecular weight excluding hydrogens is 337 g/mol. The second-order valence-corrected chi connectivity index (χ2v) is 5.88. The van der Waals surface area contributed by atoms with Crippen LogP contribution < -0.4 is 11.1 Å². The number of halogens is 3. The Kier molecular flexibility index (Phi) is 4.83. The van der Waals surface area contributed by atoms with Gasteiger partial charge in [0.2, 0.25) is 5.91 Å². The largest absolute Gasteiger partial charge is 0.456 e. The second kappa shape index (κ2) is 6.49. The van der Waals surface area contributed by atoms with Gasteiger partial charge in [-0.2, -0.15) is 13.2 Å². The Balaban J connectivity index is 2.08. The van der Waals surface area contributed by atoms with E-state index in [0.29, 0.717) is 4.90 Å². The van der Waals surface area contributed by atoms with Crippen molar-refractivity contribution in [3.8, 4) is 0 Å². The fourth-order valence-corrected chi connectivity index (χ4v) is 2.90. The van der Waals surface area contributed by atoms with Gasteiger partial charge in [-0.1, -0.05) is 0 Å². The minimum atomic E-state index is -4.51. The van der Waals surface area contributed by atoms with Gasteiger partial charge >= 0.3 is 12.1 Å². The van der Waals surface area contributed by atoms with Crippen LogP contribution in [0, 0.1) is 0 Å². The predicted octanol–water partition coefficient (Wildman–Crippen LogP) is 1.54. The Labute approximate surface area is 132 Å². The quantitative estimate of drug-likeness (QED) is 0.804. The molecule has 0 bridgehead atoms. The second-order valence-electron chi connectivity index (χ2n) is 4.64. The first kappa shape index (κ1) is 17.1. The molecule has 3 N–H and O–H groups in total. The van der Waals surface area contributed by atoms with Crippen molar-refractivity contribution in [1.29, 1.82) is 0 Å². The maximum absolute atomic E-state index is 12.6. The van der Waals surface area contributed by atoms with Crippen LogP contribution in [0.5, 0.6) is 0 Å². The van der Waals surface area contributed by atoms with Crippen molar-refractivity contribution in [1.82, 2.24) is 0 Å². The zero-order valence-corrected chi connectivity index (χ0v) is 12.3. The summed E-state index contributed by atoms with van der Waals surface area (Å²) in [7, 11) is 0. The summed E-state index contributed by atoms with van der Waals surface area (Å²) in [5.41, 5.74) is 3.98. The zero-order chi connectivity index (χ0) is 17.2. The summed E-state index contributed by atoms with van der Waals surface area (Å²) in [6.45, 7) is -0.594. The van der Waals surface area contributed by atoms with Crippen LogP contribution >= 0.6 is 11.8 Å². The summed E-state index contributed by atoms with van der Waals surface area (Å²) in [5.74, 6) is -2.24. The van der Waals surface area contributed by atoms with E-state index in [-0.39, 0.29) is 12.1 Å². The molecule has 10 heteroatoms. The first-order valence-electron chi connectivity index (χ1n) is 6.29. The van der Waals surface area contributed by atoms with Crippen molar-refractivity contribution < 1.29 is 32.3 Å². The van der Waals surface area contributed by atoms with Gasteiger partial charge in [0.15, 0.2) is 6.61 Å². The average Bonchev–Trinajstić information content (AvgIpc) is 2.44. The lowest BCUT2D eigenvalue weighted by atomic mass is 10.1. The van der Waals surface area contributed by atoms with E-state index in [9.17, 15) is 27.6 Å². The van der Waals surface area contributed by atoms with Crippen LogP contribution in [0.15, 0.2) is 23.1 Å². The molecule has 1 aliphatic heterocycles. The van der Waals surface area contributed by atoms with Gasteiger partial charge in [0, 0.05) is 4.90 Å². The molecule has 0 saturated carbocycles. The molecule has 0 unspecified atom stereocenters. The molecule has 1 aromatic rings. The molecule has 1 heterocycles. The molecule has 0 fully saturated rings.